The zero-order valence-corrected chi connectivity index (χ0v) is 15.9. The van der Waals surface area contributed by atoms with Gasteiger partial charge in [-0.25, -0.2) is 4.98 Å². The standard InChI is InChI=1S/C20H20ClN3O3/c1-3-10-24(19(25)9-7-15-6-4-13(2)27-15)12-18-22-17-11-14(21)5-8-16(17)20(26)23-18/h4-9,11H,3,10,12H2,1-2H3,(H,22,23,26)/b9-7+. The maximum Gasteiger partial charge on any atom is 0.258 e. The van der Waals surface area contributed by atoms with E-state index in [1.807, 2.05) is 19.9 Å². The minimum atomic E-state index is -0.253. The van der Waals surface area contributed by atoms with Gasteiger partial charge in [0.2, 0.25) is 5.91 Å². The Morgan fingerprint density at radius 2 is 2.15 bits per heavy atom. The molecule has 0 aliphatic carbocycles. The van der Waals surface area contributed by atoms with Crippen LogP contribution in [0.25, 0.3) is 17.0 Å². The van der Waals surface area contributed by atoms with Crippen LogP contribution in [0.15, 0.2) is 45.6 Å². The van der Waals surface area contributed by atoms with Crippen LogP contribution in [0.3, 0.4) is 0 Å². The summed E-state index contributed by atoms with van der Waals surface area (Å²) in [4.78, 5) is 33.7. The number of halogens is 1. The van der Waals surface area contributed by atoms with E-state index in [0.29, 0.717) is 34.1 Å². The molecule has 0 saturated carbocycles. The molecule has 0 spiro atoms. The van der Waals surface area contributed by atoms with Gasteiger partial charge in [0.25, 0.3) is 5.56 Å². The van der Waals surface area contributed by atoms with Crippen LogP contribution in [0.5, 0.6) is 0 Å². The lowest BCUT2D eigenvalue weighted by Crippen LogP contribution is -2.31. The van der Waals surface area contributed by atoms with Crippen molar-refractivity contribution >= 4 is 34.5 Å². The molecule has 140 valence electrons. The van der Waals surface area contributed by atoms with E-state index in [2.05, 4.69) is 9.97 Å². The number of carbonyl (C=O) groups excluding carboxylic acids is 1. The lowest BCUT2D eigenvalue weighted by molar-refractivity contribution is -0.126. The van der Waals surface area contributed by atoms with Crippen LogP contribution >= 0.6 is 11.6 Å². The molecule has 1 N–H and O–H groups in total. The molecule has 2 aromatic heterocycles. The zero-order valence-electron chi connectivity index (χ0n) is 15.2. The second-order valence-corrected chi connectivity index (χ2v) is 6.65. The minimum absolute atomic E-state index is 0.181. The normalized spacial score (nSPS) is 11.4. The minimum Gasteiger partial charge on any atom is -0.462 e. The quantitative estimate of drug-likeness (QED) is 0.652. The number of aromatic nitrogens is 2. The first-order chi connectivity index (χ1) is 13.0. The maximum atomic E-state index is 12.6. The molecule has 2 heterocycles. The highest BCUT2D eigenvalue weighted by molar-refractivity contribution is 6.31. The van der Waals surface area contributed by atoms with Gasteiger partial charge in [0.1, 0.15) is 17.3 Å². The van der Waals surface area contributed by atoms with E-state index in [0.717, 1.165) is 12.2 Å². The molecule has 0 aliphatic rings. The Balaban J connectivity index is 1.83. The van der Waals surface area contributed by atoms with E-state index in [4.69, 9.17) is 16.0 Å². The maximum absolute atomic E-state index is 12.6. The lowest BCUT2D eigenvalue weighted by atomic mass is 10.2. The van der Waals surface area contributed by atoms with Crippen molar-refractivity contribution in [3.63, 3.8) is 0 Å². The molecule has 0 unspecified atom stereocenters. The molecule has 27 heavy (non-hydrogen) atoms. The van der Waals surface area contributed by atoms with Crippen LogP contribution in [-0.2, 0) is 11.3 Å². The summed E-state index contributed by atoms with van der Waals surface area (Å²) in [6, 6.07) is 8.56. The fraction of sp³-hybridized carbons (Fsp3) is 0.250. The predicted octanol–water partition coefficient (Wildman–Crippen LogP) is 3.93. The Labute approximate surface area is 161 Å². The number of hydrogen-bond acceptors (Lipinski definition) is 4. The van der Waals surface area contributed by atoms with Gasteiger partial charge in [-0.3, -0.25) is 9.59 Å². The van der Waals surface area contributed by atoms with E-state index in [1.54, 1.807) is 35.2 Å². The van der Waals surface area contributed by atoms with E-state index in [9.17, 15) is 9.59 Å². The van der Waals surface area contributed by atoms with Gasteiger partial charge >= 0.3 is 0 Å². The number of aromatic amines is 1. The average Bonchev–Trinajstić information content (AvgIpc) is 3.04. The van der Waals surface area contributed by atoms with Gasteiger partial charge in [-0.2, -0.15) is 0 Å². The van der Waals surface area contributed by atoms with Gasteiger partial charge in [0.15, 0.2) is 0 Å². The number of carbonyl (C=O) groups is 1. The molecule has 3 rings (SSSR count). The first kappa shape index (κ1) is 18.9. The number of nitrogens with one attached hydrogen (secondary N) is 1. The Hall–Kier alpha value is -2.86. The largest absolute Gasteiger partial charge is 0.462 e. The van der Waals surface area contributed by atoms with Gasteiger partial charge in [0.05, 0.1) is 17.4 Å². The average molecular weight is 386 g/mol. The second kappa shape index (κ2) is 8.22. The van der Waals surface area contributed by atoms with E-state index in [1.165, 1.54) is 6.08 Å². The molecule has 6 nitrogen and oxygen atoms in total. The summed E-state index contributed by atoms with van der Waals surface area (Å²) in [6.45, 7) is 4.57. The molecule has 0 aliphatic heterocycles. The number of aryl methyl sites for hydroxylation is 1. The summed E-state index contributed by atoms with van der Waals surface area (Å²) in [5.41, 5.74) is 0.254. The number of H-pyrrole nitrogens is 1. The number of rotatable bonds is 6. The topological polar surface area (TPSA) is 79.2 Å². The molecule has 3 aromatic rings. The van der Waals surface area contributed by atoms with E-state index in [-0.39, 0.29) is 18.0 Å². The van der Waals surface area contributed by atoms with Crippen LogP contribution in [0, 0.1) is 6.92 Å². The third-order valence-electron chi connectivity index (χ3n) is 4.01. The monoisotopic (exact) mass is 385 g/mol. The molecule has 7 heteroatoms. The van der Waals surface area contributed by atoms with Gasteiger partial charge in [-0.1, -0.05) is 18.5 Å². The van der Waals surface area contributed by atoms with Gasteiger partial charge in [-0.05, 0) is 49.8 Å². The van der Waals surface area contributed by atoms with Crippen molar-refractivity contribution in [1.82, 2.24) is 14.9 Å². The Morgan fingerprint density at radius 1 is 1.33 bits per heavy atom. The van der Waals surface area contributed by atoms with Crippen molar-refractivity contribution in [2.45, 2.75) is 26.8 Å². The highest BCUT2D eigenvalue weighted by Crippen LogP contribution is 2.15. The Kier molecular flexibility index (Phi) is 5.76. The zero-order chi connectivity index (χ0) is 19.4. The predicted molar refractivity (Wildman–Crippen MR) is 106 cm³/mol. The SMILES string of the molecule is CCCN(Cc1nc2cc(Cl)ccc2c(=O)[nH]1)C(=O)/C=C/c1ccc(C)o1. The third kappa shape index (κ3) is 4.65. The summed E-state index contributed by atoms with van der Waals surface area (Å²) in [5.74, 6) is 1.63. The van der Waals surface area contributed by atoms with Crippen molar-refractivity contribution in [3.05, 3.63) is 69.1 Å². The van der Waals surface area contributed by atoms with E-state index < -0.39 is 0 Å². The highest BCUT2D eigenvalue weighted by Gasteiger charge is 2.13. The Bertz CT molecular complexity index is 1050. The molecule has 0 bridgehead atoms. The fourth-order valence-electron chi connectivity index (χ4n) is 2.76. The lowest BCUT2D eigenvalue weighted by Gasteiger charge is -2.20. The van der Waals surface area contributed by atoms with Crippen LogP contribution in [0.4, 0.5) is 0 Å². The van der Waals surface area contributed by atoms with Crippen LogP contribution in [0.2, 0.25) is 5.02 Å². The first-order valence-corrected chi connectivity index (χ1v) is 9.06. The number of amides is 1. The summed E-state index contributed by atoms with van der Waals surface area (Å²) < 4.78 is 5.44. The number of furan rings is 1. The van der Waals surface area contributed by atoms with Crippen molar-refractivity contribution in [2.75, 3.05) is 6.54 Å². The molecule has 0 atom stereocenters. The van der Waals surface area contributed by atoms with E-state index >= 15 is 0 Å². The summed E-state index contributed by atoms with van der Waals surface area (Å²) in [7, 11) is 0. The molecule has 1 amide bonds. The number of nitrogens with zero attached hydrogens (tertiary/aromatic N) is 2. The number of fused-ring (bicyclic) bond motifs is 1. The Morgan fingerprint density at radius 3 is 2.85 bits per heavy atom. The molecule has 0 saturated heterocycles. The molecule has 0 fully saturated rings. The molecular weight excluding hydrogens is 366 g/mol. The summed E-state index contributed by atoms with van der Waals surface area (Å²) in [6.07, 6.45) is 3.88. The molecule has 1 aromatic carbocycles. The highest BCUT2D eigenvalue weighted by atomic mass is 35.5. The van der Waals surface area contributed by atoms with Crippen LogP contribution < -0.4 is 5.56 Å². The first-order valence-electron chi connectivity index (χ1n) is 8.68. The van der Waals surface area contributed by atoms with Crippen LogP contribution in [0.1, 0.15) is 30.7 Å². The molecular formula is C20H20ClN3O3. The second-order valence-electron chi connectivity index (χ2n) is 6.22. The summed E-state index contributed by atoms with van der Waals surface area (Å²) >= 11 is 6.00. The van der Waals surface area contributed by atoms with Crippen molar-refractivity contribution in [2.24, 2.45) is 0 Å². The number of benzene rings is 1. The smallest absolute Gasteiger partial charge is 0.258 e. The third-order valence-corrected chi connectivity index (χ3v) is 4.25. The molecule has 0 radical (unpaired) electrons. The van der Waals surface area contributed by atoms with Gasteiger partial charge in [0, 0.05) is 17.6 Å². The fourth-order valence-corrected chi connectivity index (χ4v) is 2.92. The van der Waals surface area contributed by atoms with Gasteiger partial charge in [-0.15, -0.1) is 0 Å². The summed E-state index contributed by atoms with van der Waals surface area (Å²) in [5, 5.41) is 0.967. The van der Waals surface area contributed by atoms with Gasteiger partial charge < -0.3 is 14.3 Å². The van der Waals surface area contributed by atoms with Crippen LogP contribution in [-0.4, -0.2) is 27.3 Å². The van der Waals surface area contributed by atoms with Crippen molar-refractivity contribution in [1.29, 1.82) is 0 Å². The number of hydrogen-bond donors (Lipinski definition) is 1. The van der Waals surface area contributed by atoms with Crippen molar-refractivity contribution < 1.29 is 9.21 Å². The van der Waals surface area contributed by atoms with Crippen molar-refractivity contribution in [3.8, 4) is 0 Å².